The van der Waals surface area contributed by atoms with Gasteiger partial charge in [0, 0.05) is 53.4 Å². The molecule has 0 radical (unpaired) electrons. The lowest BCUT2D eigenvalue weighted by Crippen LogP contribution is -2.47. The van der Waals surface area contributed by atoms with Crippen molar-refractivity contribution in [1.29, 1.82) is 0 Å². The van der Waals surface area contributed by atoms with E-state index in [9.17, 15) is 14.4 Å². The van der Waals surface area contributed by atoms with E-state index in [2.05, 4.69) is 18.3 Å². The number of ketones is 2. The number of hydrogen-bond donors (Lipinski definition) is 1. The summed E-state index contributed by atoms with van der Waals surface area (Å²) in [5, 5.41) is 2.89. The van der Waals surface area contributed by atoms with Crippen molar-refractivity contribution in [3.63, 3.8) is 0 Å². The van der Waals surface area contributed by atoms with Gasteiger partial charge in [-0.25, -0.2) is 0 Å². The first-order valence-electron chi connectivity index (χ1n) is 10.0. The summed E-state index contributed by atoms with van der Waals surface area (Å²) in [6.07, 6.45) is 2.88. The highest BCUT2D eigenvalue weighted by atomic mass is 16.2. The minimum Gasteiger partial charge on any atom is -0.320 e. The molecule has 150 valence electrons. The Bertz CT molecular complexity index is 1200. The smallest absolute Gasteiger partial charge is 0.293 e. The van der Waals surface area contributed by atoms with Crippen LogP contribution >= 0.6 is 0 Å². The third-order valence-corrected chi connectivity index (χ3v) is 5.65. The van der Waals surface area contributed by atoms with Gasteiger partial charge in [-0.15, -0.1) is 0 Å². The van der Waals surface area contributed by atoms with Gasteiger partial charge in [-0.3, -0.25) is 14.4 Å². The van der Waals surface area contributed by atoms with E-state index in [4.69, 9.17) is 0 Å². The van der Waals surface area contributed by atoms with Crippen LogP contribution in [-0.4, -0.2) is 17.5 Å². The molecule has 1 N–H and O–H groups in total. The molecule has 5 nitrogen and oxygen atoms in total. The largest absolute Gasteiger partial charge is 0.320 e. The number of nitrogens with zero attached hydrogens (tertiary/aromatic N) is 1. The van der Waals surface area contributed by atoms with Gasteiger partial charge < -0.3 is 5.32 Å². The van der Waals surface area contributed by atoms with E-state index in [-0.39, 0.29) is 17.5 Å². The topological polar surface area (TPSA) is 67.1 Å². The first-order valence-corrected chi connectivity index (χ1v) is 10.0. The van der Waals surface area contributed by atoms with E-state index in [0.717, 1.165) is 17.7 Å². The number of nitrogens with one attached hydrogen (secondary N) is 1. The van der Waals surface area contributed by atoms with Gasteiger partial charge in [0.2, 0.25) is 6.04 Å². The summed E-state index contributed by atoms with van der Waals surface area (Å²) in [6.45, 7) is 5.87. The van der Waals surface area contributed by atoms with Crippen LogP contribution < -0.4 is 9.88 Å². The molecule has 0 saturated heterocycles. The first-order chi connectivity index (χ1) is 14.4. The van der Waals surface area contributed by atoms with E-state index in [1.165, 1.54) is 0 Å². The Morgan fingerprint density at radius 3 is 2.23 bits per heavy atom. The fraction of sp³-hybridized carbons (Fsp3) is 0.200. The number of rotatable bonds is 4. The highest BCUT2D eigenvalue weighted by Crippen LogP contribution is 2.29. The van der Waals surface area contributed by atoms with Crippen molar-refractivity contribution in [3.8, 4) is 0 Å². The Labute approximate surface area is 175 Å². The van der Waals surface area contributed by atoms with Crippen LogP contribution in [0.4, 0.5) is 5.69 Å². The molecule has 0 bridgehead atoms. The molecule has 2 aromatic carbocycles. The van der Waals surface area contributed by atoms with Crippen LogP contribution in [0.15, 0.2) is 60.8 Å². The maximum atomic E-state index is 12.9. The SMILES string of the molecule is CCc1ccc(C)[n+]([C@H](C)C(=O)Nc2ccc3c(c2)C(=O)c2ccccc2C3=O)c1. The van der Waals surface area contributed by atoms with E-state index in [0.29, 0.717) is 27.9 Å². The van der Waals surface area contributed by atoms with Crippen LogP contribution in [0.2, 0.25) is 0 Å². The van der Waals surface area contributed by atoms with Gasteiger partial charge in [0.15, 0.2) is 23.5 Å². The summed E-state index contributed by atoms with van der Waals surface area (Å²) in [5.74, 6) is -0.564. The molecule has 0 spiro atoms. The van der Waals surface area contributed by atoms with E-state index in [1.807, 2.05) is 30.7 Å². The van der Waals surface area contributed by atoms with Crippen molar-refractivity contribution in [1.82, 2.24) is 0 Å². The van der Waals surface area contributed by atoms with Crippen molar-refractivity contribution >= 4 is 23.2 Å². The lowest BCUT2D eigenvalue weighted by atomic mass is 9.84. The molecule has 4 rings (SSSR count). The zero-order chi connectivity index (χ0) is 21.4. The second-order valence-electron chi connectivity index (χ2n) is 7.57. The molecule has 0 aliphatic heterocycles. The number of aromatic nitrogens is 1. The number of hydrogen-bond acceptors (Lipinski definition) is 3. The standard InChI is InChI=1S/C25H22N2O3/c1-4-17-10-9-15(2)27(14-17)16(3)25(30)26-18-11-12-21-22(13-18)24(29)20-8-6-5-7-19(20)23(21)28/h5-14,16H,4H2,1-3H3/p+1/t16-/m1/s1. The molecule has 0 unspecified atom stereocenters. The van der Waals surface area contributed by atoms with Gasteiger partial charge in [-0.2, -0.15) is 4.57 Å². The summed E-state index contributed by atoms with van der Waals surface area (Å²) in [7, 11) is 0. The Morgan fingerprint density at radius 1 is 0.933 bits per heavy atom. The maximum Gasteiger partial charge on any atom is 0.293 e. The lowest BCUT2D eigenvalue weighted by Gasteiger charge is -2.18. The predicted octanol–water partition coefficient (Wildman–Crippen LogP) is 3.82. The summed E-state index contributed by atoms with van der Waals surface area (Å²) < 4.78 is 1.94. The number of anilines is 1. The normalized spacial score (nSPS) is 13.4. The molecule has 1 heterocycles. The van der Waals surface area contributed by atoms with Crippen LogP contribution in [0.1, 0.15) is 63.0 Å². The molecule has 1 aliphatic rings. The highest BCUT2D eigenvalue weighted by molar-refractivity contribution is 6.28. The average Bonchev–Trinajstić information content (AvgIpc) is 2.77. The van der Waals surface area contributed by atoms with Gasteiger partial charge in [-0.05, 0) is 30.7 Å². The minimum absolute atomic E-state index is 0.172. The fourth-order valence-electron chi connectivity index (χ4n) is 3.81. The van der Waals surface area contributed by atoms with Crippen LogP contribution in [0, 0.1) is 6.92 Å². The number of benzene rings is 2. The summed E-state index contributed by atoms with van der Waals surface area (Å²) in [5.41, 5.74) is 4.13. The van der Waals surface area contributed by atoms with Gasteiger partial charge in [-0.1, -0.05) is 31.2 Å². The van der Waals surface area contributed by atoms with E-state index < -0.39 is 6.04 Å². The Morgan fingerprint density at radius 2 is 1.57 bits per heavy atom. The molecule has 1 aliphatic carbocycles. The molecule has 0 saturated carbocycles. The van der Waals surface area contributed by atoms with Gasteiger partial charge >= 0.3 is 0 Å². The molecule has 0 fully saturated rings. The average molecular weight is 399 g/mol. The number of pyridine rings is 1. The van der Waals surface area contributed by atoms with E-state index in [1.54, 1.807) is 42.5 Å². The summed E-state index contributed by atoms with van der Waals surface area (Å²) >= 11 is 0. The fourth-order valence-corrected chi connectivity index (χ4v) is 3.81. The molecular formula is C25H23N2O3+. The zero-order valence-corrected chi connectivity index (χ0v) is 17.2. The van der Waals surface area contributed by atoms with Crippen molar-refractivity contribution in [2.24, 2.45) is 0 Å². The van der Waals surface area contributed by atoms with Gasteiger partial charge in [0.05, 0.1) is 0 Å². The van der Waals surface area contributed by atoms with Crippen LogP contribution in [-0.2, 0) is 11.2 Å². The number of fused-ring (bicyclic) bond motifs is 2. The summed E-state index contributed by atoms with van der Waals surface area (Å²) in [4.78, 5) is 38.5. The highest BCUT2D eigenvalue weighted by Gasteiger charge is 2.30. The molecule has 1 atom stereocenters. The van der Waals surface area contributed by atoms with Crippen molar-refractivity contribution in [2.75, 3.05) is 5.32 Å². The molecule has 3 aromatic rings. The quantitative estimate of drug-likeness (QED) is 0.531. The number of amides is 1. The minimum atomic E-state index is -0.425. The number of carbonyl (C=O) groups excluding carboxylic acids is 3. The molecule has 30 heavy (non-hydrogen) atoms. The molecule has 5 heteroatoms. The maximum absolute atomic E-state index is 12.9. The Kier molecular flexibility index (Phi) is 5.04. The third-order valence-electron chi connectivity index (χ3n) is 5.65. The number of aryl methyl sites for hydroxylation is 2. The van der Waals surface area contributed by atoms with Crippen LogP contribution in [0.5, 0.6) is 0 Å². The predicted molar refractivity (Wildman–Crippen MR) is 114 cm³/mol. The van der Waals surface area contributed by atoms with Crippen molar-refractivity contribution in [3.05, 3.63) is 94.3 Å². The molecule has 1 amide bonds. The van der Waals surface area contributed by atoms with Crippen LogP contribution in [0.3, 0.4) is 0 Å². The molecular weight excluding hydrogens is 376 g/mol. The third kappa shape index (κ3) is 3.32. The van der Waals surface area contributed by atoms with E-state index >= 15 is 0 Å². The van der Waals surface area contributed by atoms with Crippen molar-refractivity contribution < 1.29 is 19.0 Å². The van der Waals surface area contributed by atoms with Gasteiger partial charge in [0.25, 0.3) is 5.91 Å². The van der Waals surface area contributed by atoms with Gasteiger partial charge in [0.1, 0.15) is 0 Å². The Balaban J connectivity index is 1.62. The second-order valence-corrected chi connectivity index (χ2v) is 7.57. The first kappa shape index (κ1) is 19.7. The van der Waals surface area contributed by atoms with Crippen molar-refractivity contribution in [2.45, 2.75) is 33.2 Å². The zero-order valence-electron chi connectivity index (χ0n) is 17.2. The monoisotopic (exact) mass is 399 g/mol. The number of carbonyl (C=O) groups is 3. The second kappa shape index (κ2) is 7.67. The lowest BCUT2D eigenvalue weighted by molar-refractivity contribution is -0.711. The Hall–Kier alpha value is -3.60. The van der Waals surface area contributed by atoms with Crippen LogP contribution in [0.25, 0.3) is 0 Å². The summed E-state index contributed by atoms with van der Waals surface area (Å²) in [6, 6.07) is 15.3. The molecule has 1 aromatic heterocycles.